The van der Waals surface area contributed by atoms with Gasteiger partial charge in [0.05, 0.1) is 31.4 Å². The molecule has 0 atom stereocenters. The van der Waals surface area contributed by atoms with Gasteiger partial charge in [-0.15, -0.1) is 11.8 Å². The number of sulfone groups is 1. The molecule has 0 aliphatic heterocycles. The molecule has 0 saturated carbocycles. The number of rotatable bonds is 5. The normalized spacial score (nSPS) is 11.3. The van der Waals surface area contributed by atoms with Gasteiger partial charge in [-0.1, -0.05) is 40.9 Å². The lowest BCUT2D eigenvalue weighted by atomic mass is 10.3. The van der Waals surface area contributed by atoms with Crippen LogP contribution in [0.15, 0.2) is 46.2 Å². The van der Waals surface area contributed by atoms with Crippen molar-refractivity contribution in [3.8, 4) is 0 Å². The average molecular weight is 425 g/mol. The molecule has 0 aliphatic rings. The van der Waals surface area contributed by atoms with Gasteiger partial charge in [0, 0.05) is 11.2 Å². The zero-order valence-electron chi connectivity index (χ0n) is 12.3. The van der Waals surface area contributed by atoms with Crippen molar-refractivity contribution < 1.29 is 13.2 Å². The van der Waals surface area contributed by atoms with Gasteiger partial charge in [0.1, 0.15) is 0 Å². The lowest BCUT2D eigenvalue weighted by Crippen LogP contribution is -2.15. The molecule has 0 heterocycles. The van der Waals surface area contributed by atoms with Crippen molar-refractivity contribution in [2.24, 2.45) is 0 Å². The Morgan fingerprint density at radius 2 is 1.71 bits per heavy atom. The molecule has 0 fully saturated rings. The summed E-state index contributed by atoms with van der Waals surface area (Å²) in [5, 5.41) is 3.75. The summed E-state index contributed by atoms with van der Waals surface area (Å²) in [4.78, 5) is 12.8. The third-order valence-electron chi connectivity index (χ3n) is 2.91. The Balaban J connectivity index is 2.10. The zero-order valence-corrected chi connectivity index (χ0v) is 16.2. The molecule has 128 valence electrons. The van der Waals surface area contributed by atoms with Gasteiger partial charge in [-0.25, -0.2) is 8.42 Å². The first-order chi connectivity index (χ1) is 11.2. The molecular formula is C15H12Cl3NO3S2. The van der Waals surface area contributed by atoms with Crippen LogP contribution in [-0.2, 0) is 14.6 Å². The monoisotopic (exact) mass is 423 g/mol. The summed E-state index contributed by atoms with van der Waals surface area (Å²) in [6.45, 7) is 0. The van der Waals surface area contributed by atoms with Crippen LogP contribution in [0.3, 0.4) is 0 Å². The van der Waals surface area contributed by atoms with Gasteiger partial charge in [-0.3, -0.25) is 4.79 Å². The summed E-state index contributed by atoms with van der Waals surface area (Å²) >= 11 is 19.3. The molecule has 0 unspecified atom stereocenters. The van der Waals surface area contributed by atoms with Crippen LogP contribution in [0.2, 0.25) is 15.1 Å². The zero-order chi connectivity index (χ0) is 17.9. The van der Waals surface area contributed by atoms with E-state index in [1.807, 2.05) is 0 Å². The third-order valence-corrected chi connectivity index (χ3v) is 6.34. The molecule has 2 aromatic carbocycles. The van der Waals surface area contributed by atoms with Crippen LogP contribution in [0.4, 0.5) is 5.69 Å². The number of thioether (sulfide) groups is 1. The molecular weight excluding hydrogens is 413 g/mol. The van der Waals surface area contributed by atoms with Crippen molar-refractivity contribution in [2.45, 2.75) is 9.79 Å². The maximum absolute atomic E-state index is 12.1. The first-order valence-electron chi connectivity index (χ1n) is 6.55. The lowest BCUT2D eigenvalue weighted by molar-refractivity contribution is -0.113. The van der Waals surface area contributed by atoms with E-state index in [0.717, 1.165) is 6.26 Å². The molecule has 1 amide bonds. The molecule has 4 nitrogen and oxygen atoms in total. The number of carbonyl (C=O) groups excluding carboxylic acids is 1. The molecule has 9 heteroatoms. The van der Waals surface area contributed by atoms with E-state index in [1.165, 1.54) is 30.0 Å². The van der Waals surface area contributed by atoms with Gasteiger partial charge in [-0.2, -0.15) is 0 Å². The molecule has 0 saturated heterocycles. The highest BCUT2D eigenvalue weighted by Gasteiger charge is 2.14. The number of halogens is 3. The largest absolute Gasteiger partial charge is 0.324 e. The van der Waals surface area contributed by atoms with E-state index in [4.69, 9.17) is 34.8 Å². The van der Waals surface area contributed by atoms with Crippen LogP contribution in [-0.4, -0.2) is 26.3 Å². The van der Waals surface area contributed by atoms with Crippen LogP contribution in [0.5, 0.6) is 0 Å². The van der Waals surface area contributed by atoms with Crippen LogP contribution < -0.4 is 5.32 Å². The van der Waals surface area contributed by atoms with Gasteiger partial charge in [-0.05, 0) is 30.3 Å². The first kappa shape index (κ1) is 19.4. The minimum Gasteiger partial charge on any atom is -0.324 e. The summed E-state index contributed by atoms with van der Waals surface area (Å²) < 4.78 is 23.2. The second kappa shape index (κ2) is 7.97. The minimum absolute atomic E-state index is 0.0445. The molecule has 1 N–H and O–H groups in total. The number of amides is 1. The molecule has 0 aliphatic carbocycles. The summed E-state index contributed by atoms with van der Waals surface area (Å²) in [5.74, 6) is -0.313. The second-order valence-corrected chi connectivity index (χ2v) is 9.02. The molecule has 2 aromatic rings. The summed E-state index contributed by atoms with van der Waals surface area (Å²) in [6, 6.07) is 9.20. The fraction of sp³-hybridized carbons (Fsp3) is 0.133. The SMILES string of the molecule is CS(=O)(=O)c1ccc(Cl)c(NC(=O)CSc2c(Cl)cccc2Cl)c1. The predicted molar refractivity (Wildman–Crippen MR) is 100 cm³/mol. The molecule has 0 aromatic heterocycles. The highest BCUT2D eigenvalue weighted by molar-refractivity contribution is 8.00. The van der Waals surface area contributed by atoms with Crippen LogP contribution in [0, 0.1) is 0 Å². The average Bonchev–Trinajstić information content (AvgIpc) is 2.48. The quantitative estimate of drug-likeness (QED) is 0.702. The third kappa shape index (κ3) is 5.04. The topological polar surface area (TPSA) is 63.2 Å². The number of hydrogen-bond acceptors (Lipinski definition) is 4. The molecule has 0 radical (unpaired) electrons. The van der Waals surface area contributed by atoms with Crippen LogP contribution >= 0.6 is 46.6 Å². The molecule has 0 spiro atoms. The van der Waals surface area contributed by atoms with Crippen molar-refractivity contribution >= 4 is 68.0 Å². The Morgan fingerprint density at radius 3 is 2.29 bits per heavy atom. The summed E-state index contributed by atoms with van der Waals surface area (Å²) in [6.07, 6.45) is 1.08. The van der Waals surface area contributed by atoms with E-state index >= 15 is 0 Å². The van der Waals surface area contributed by atoms with Crippen molar-refractivity contribution in [3.05, 3.63) is 51.5 Å². The molecule has 2 rings (SSSR count). The Hall–Kier alpha value is -0.920. The number of anilines is 1. The number of hydrogen-bond donors (Lipinski definition) is 1. The highest BCUT2D eigenvalue weighted by atomic mass is 35.5. The van der Waals surface area contributed by atoms with E-state index < -0.39 is 9.84 Å². The highest BCUT2D eigenvalue weighted by Crippen LogP contribution is 2.34. The molecule has 24 heavy (non-hydrogen) atoms. The van der Waals surface area contributed by atoms with Crippen molar-refractivity contribution in [3.63, 3.8) is 0 Å². The Kier molecular flexibility index (Phi) is 6.45. The van der Waals surface area contributed by atoms with Crippen molar-refractivity contribution in [1.82, 2.24) is 0 Å². The Labute approximate surface area is 159 Å². The fourth-order valence-corrected chi connectivity index (χ4v) is 4.07. The molecule has 0 bridgehead atoms. The van der Waals surface area contributed by atoms with E-state index in [9.17, 15) is 13.2 Å². The van der Waals surface area contributed by atoms with E-state index in [0.29, 0.717) is 14.9 Å². The smallest absolute Gasteiger partial charge is 0.234 e. The lowest BCUT2D eigenvalue weighted by Gasteiger charge is -2.10. The maximum Gasteiger partial charge on any atom is 0.234 e. The number of benzene rings is 2. The van der Waals surface area contributed by atoms with Gasteiger partial charge in [0.15, 0.2) is 9.84 Å². The first-order valence-corrected chi connectivity index (χ1v) is 10.6. The minimum atomic E-state index is -3.39. The van der Waals surface area contributed by atoms with Crippen molar-refractivity contribution in [1.29, 1.82) is 0 Å². The maximum atomic E-state index is 12.1. The Bertz CT molecular complexity index is 865. The van der Waals surface area contributed by atoms with Gasteiger partial charge < -0.3 is 5.32 Å². The van der Waals surface area contributed by atoms with Crippen LogP contribution in [0.25, 0.3) is 0 Å². The van der Waals surface area contributed by atoms with Crippen molar-refractivity contribution in [2.75, 3.05) is 17.3 Å². The van der Waals surface area contributed by atoms with E-state index in [-0.39, 0.29) is 27.3 Å². The van der Waals surface area contributed by atoms with E-state index in [2.05, 4.69) is 5.32 Å². The fourth-order valence-electron chi connectivity index (χ4n) is 1.78. The predicted octanol–water partition coefficient (Wildman–Crippen LogP) is 4.78. The second-order valence-electron chi connectivity index (χ2n) is 4.80. The Morgan fingerprint density at radius 1 is 1.08 bits per heavy atom. The number of carbonyl (C=O) groups is 1. The summed E-state index contributed by atoms with van der Waals surface area (Å²) in [5.41, 5.74) is 0.232. The van der Waals surface area contributed by atoms with Gasteiger partial charge in [0.25, 0.3) is 0 Å². The van der Waals surface area contributed by atoms with Crippen LogP contribution in [0.1, 0.15) is 0 Å². The number of nitrogens with one attached hydrogen (secondary N) is 1. The van der Waals surface area contributed by atoms with Gasteiger partial charge in [0.2, 0.25) is 5.91 Å². The van der Waals surface area contributed by atoms with Gasteiger partial charge >= 0.3 is 0 Å². The summed E-state index contributed by atoms with van der Waals surface area (Å²) in [7, 11) is -3.39. The standard InChI is InChI=1S/C15H12Cl3NO3S2/c1-24(21,22)9-5-6-10(16)13(7-9)19-14(20)8-23-15-11(17)3-2-4-12(15)18/h2-7H,8H2,1H3,(H,19,20). The van der Waals surface area contributed by atoms with E-state index in [1.54, 1.807) is 18.2 Å².